The number of hydrogen-bond acceptors (Lipinski definition) is 4. The summed E-state index contributed by atoms with van der Waals surface area (Å²) < 4.78 is 13.5. The van der Waals surface area contributed by atoms with Gasteiger partial charge >= 0.3 is 0 Å². The number of aryl methyl sites for hydroxylation is 1. The maximum absolute atomic E-state index is 13.5. The maximum atomic E-state index is 13.5. The van der Waals surface area contributed by atoms with E-state index in [-0.39, 0.29) is 33.4 Å². The number of nitrogens with one attached hydrogen (secondary N) is 2. The summed E-state index contributed by atoms with van der Waals surface area (Å²) in [6.07, 6.45) is 6.51. The summed E-state index contributed by atoms with van der Waals surface area (Å²) in [5.74, 6) is -2.31. The Labute approximate surface area is 207 Å². The van der Waals surface area contributed by atoms with E-state index >= 15 is 0 Å². The van der Waals surface area contributed by atoms with Crippen LogP contribution in [0.15, 0.2) is 47.1 Å². The first kappa shape index (κ1) is 24.2. The number of benzene rings is 2. The monoisotopic (exact) mass is 503 g/mol. The van der Waals surface area contributed by atoms with Gasteiger partial charge in [-0.2, -0.15) is 0 Å². The predicted octanol–water partition coefficient (Wildman–Crippen LogP) is 5.68. The van der Waals surface area contributed by atoms with Crippen LogP contribution in [0.5, 0.6) is 0 Å². The van der Waals surface area contributed by atoms with Crippen molar-refractivity contribution in [3.8, 4) is 0 Å². The normalized spacial score (nSPS) is 17.2. The van der Waals surface area contributed by atoms with Crippen LogP contribution in [-0.2, 0) is 9.59 Å². The van der Waals surface area contributed by atoms with Gasteiger partial charge in [-0.3, -0.25) is 14.4 Å². The van der Waals surface area contributed by atoms with Crippen LogP contribution in [0, 0.1) is 12.7 Å². The summed E-state index contributed by atoms with van der Waals surface area (Å²) in [7, 11) is 0. The zero-order valence-electron chi connectivity index (χ0n) is 18.6. The van der Waals surface area contributed by atoms with Crippen LogP contribution in [0.2, 0.25) is 5.02 Å². The van der Waals surface area contributed by atoms with Gasteiger partial charge in [0.25, 0.3) is 17.7 Å². The number of nitrogens with zero attached hydrogens (tertiary/aromatic N) is 1. The number of rotatable bonds is 5. The average Bonchev–Trinajstić information content (AvgIpc) is 2.99. The molecule has 1 aliphatic heterocycles. The molecule has 0 saturated heterocycles. The third-order valence-electron chi connectivity index (χ3n) is 6.14. The smallest absolute Gasteiger partial charge is 0.283 e. The molecule has 178 valence electrons. The van der Waals surface area contributed by atoms with E-state index < -0.39 is 17.6 Å². The molecular formula is C25H24Cl2FN3O3. The van der Waals surface area contributed by atoms with E-state index in [1.807, 2.05) is 6.92 Å². The van der Waals surface area contributed by atoms with Crippen LogP contribution in [0.25, 0.3) is 0 Å². The SMILES string of the molecule is Cc1ccc(C(=O)NC2CCCCCC2)cc1NC1=C(Cl)C(=O)N(c2ccc(F)c(Cl)c2)C1=O. The van der Waals surface area contributed by atoms with E-state index in [9.17, 15) is 18.8 Å². The second-order valence-corrected chi connectivity index (χ2v) is 9.33. The van der Waals surface area contributed by atoms with E-state index in [1.54, 1.807) is 18.2 Å². The molecule has 0 spiro atoms. The fourth-order valence-corrected chi connectivity index (χ4v) is 4.58. The molecule has 2 aromatic carbocycles. The number of hydrogen-bond donors (Lipinski definition) is 2. The largest absolute Gasteiger partial charge is 0.349 e. The minimum Gasteiger partial charge on any atom is -0.349 e. The lowest BCUT2D eigenvalue weighted by Crippen LogP contribution is -2.34. The van der Waals surface area contributed by atoms with Gasteiger partial charge in [0.05, 0.1) is 10.7 Å². The second-order valence-electron chi connectivity index (χ2n) is 8.55. The van der Waals surface area contributed by atoms with Gasteiger partial charge in [-0.1, -0.05) is 55.0 Å². The molecule has 0 bridgehead atoms. The maximum Gasteiger partial charge on any atom is 0.283 e. The van der Waals surface area contributed by atoms with Gasteiger partial charge in [0, 0.05) is 17.3 Å². The zero-order chi connectivity index (χ0) is 24.4. The highest BCUT2D eigenvalue weighted by Gasteiger charge is 2.39. The third kappa shape index (κ3) is 4.95. The predicted molar refractivity (Wildman–Crippen MR) is 131 cm³/mol. The number of amides is 3. The number of halogens is 3. The lowest BCUT2D eigenvalue weighted by molar-refractivity contribution is -0.120. The van der Waals surface area contributed by atoms with Gasteiger partial charge in [0.15, 0.2) is 0 Å². The lowest BCUT2D eigenvalue weighted by atomic mass is 10.1. The molecule has 2 aromatic rings. The molecule has 0 radical (unpaired) electrons. The van der Waals surface area contributed by atoms with E-state index in [2.05, 4.69) is 10.6 Å². The summed E-state index contributed by atoms with van der Waals surface area (Å²) in [6, 6.07) is 8.78. The summed E-state index contributed by atoms with van der Waals surface area (Å²) in [5, 5.41) is 5.49. The van der Waals surface area contributed by atoms with Gasteiger partial charge < -0.3 is 10.6 Å². The van der Waals surface area contributed by atoms with Crippen LogP contribution in [0.4, 0.5) is 15.8 Å². The highest BCUT2D eigenvalue weighted by molar-refractivity contribution is 6.53. The molecule has 1 fully saturated rings. The minimum absolute atomic E-state index is 0.101. The van der Waals surface area contributed by atoms with Crippen molar-refractivity contribution in [2.24, 2.45) is 0 Å². The second kappa shape index (κ2) is 10.2. The number of carbonyl (C=O) groups excluding carboxylic acids is 3. The van der Waals surface area contributed by atoms with Crippen molar-refractivity contribution >= 4 is 52.3 Å². The lowest BCUT2D eigenvalue weighted by Gasteiger charge is -2.18. The van der Waals surface area contributed by atoms with Gasteiger partial charge in [0.1, 0.15) is 16.5 Å². The van der Waals surface area contributed by atoms with E-state index in [0.29, 0.717) is 11.3 Å². The van der Waals surface area contributed by atoms with Gasteiger partial charge in [-0.05, 0) is 55.7 Å². The molecule has 0 unspecified atom stereocenters. The van der Waals surface area contributed by atoms with Gasteiger partial charge in [-0.25, -0.2) is 9.29 Å². The first-order chi connectivity index (χ1) is 16.3. The highest BCUT2D eigenvalue weighted by atomic mass is 35.5. The molecule has 9 heteroatoms. The van der Waals surface area contributed by atoms with Crippen molar-refractivity contribution in [2.45, 2.75) is 51.5 Å². The first-order valence-electron chi connectivity index (χ1n) is 11.2. The molecule has 0 atom stereocenters. The molecule has 2 aliphatic rings. The standard InChI is InChI=1S/C25H24Cl2FN3O3/c1-14-8-9-15(23(32)29-16-6-4-2-3-5-7-16)12-20(14)30-22-21(27)24(33)31(25(22)34)17-10-11-19(28)18(26)13-17/h8-13,16,30H,2-7H2,1H3,(H,29,32). The molecule has 3 amide bonds. The van der Waals surface area contributed by atoms with E-state index in [0.717, 1.165) is 42.2 Å². The quantitative estimate of drug-likeness (QED) is 0.406. The molecule has 1 saturated carbocycles. The number of imide groups is 1. The van der Waals surface area contributed by atoms with Crippen molar-refractivity contribution in [1.29, 1.82) is 0 Å². The summed E-state index contributed by atoms with van der Waals surface area (Å²) >= 11 is 12.0. The van der Waals surface area contributed by atoms with E-state index in [4.69, 9.17) is 23.2 Å². The molecule has 1 heterocycles. The molecule has 6 nitrogen and oxygen atoms in total. The highest BCUT2D eigenvalue weighted by Crippen LogP contribution is 2.33. The van der Waals surface area contributed by atoms with Crippen molar-refractivity contribution < 1.29 is 18.8 Å². The van der Waals surface area contributed by atoms with Crippen LogP contribution in [0.1, 0.15) is 54.4 Å². The topological polar surface area (TPSA) is 78.5 Å². The van der Waals surface area contributed by atoms with Crippen molar-refractivity contribution in [2.75, 3.05) is 10.2 Å². The van der Waals surface area contributed by atoms with Crippen molar-refractivity contribution in [3.05, 3.63) is 69.1 Å². The average molecular weight is 504 g/mol. The van der Waals surface area contributed by atoms with Crippen LogP contribution >= 0.6 is 23.2 Å². The van der Waals surface area contributed by atoms with Gasteiger partial charge in [-0.15, -0.1) is 0 Å². The molecule has 4 rings (SSSR count). The number of anilines is 2. The summed E-state index contributed by atoms with van der Waals surface area (Å²) in [5.41, 5.74) is 1.64. The van der Waals surface area contributed by atoms with E-state index in [1.165, 1.54) is 25.0 Å². The van der Waals surface area contributed by atoms with Crippen molar-refractivity contribution in [1.82, 2.24) is 5.32 Å². The first-order valence-corrected chi connectivity index (χ1v) is 11.9. The van der Waals surface area contributed by atoms with Crippen LogP contribution in [0.3, 0.4) is 0 Å². The molecule has 34 heavy (non-hydrogen) atoms. The van der Waals surface area contributed by atoms with Crippen molar-refractivity contribution in [3.63, 3.8) is 0 Å². The van der Waals surface area contributed by atoms with Crippen LogP contribution < -0.4 is 15.5 Å². The Morgan fingerprint density at radius 1 is 1.00 bits per heavy atom. The minimum atomic E-state index is -0.753. The third-order valence-corrected chi connectivity index (χ3v) is 6.78. The Balaban J connectivity index is 1.54. The Morgan fingerprint density at radius 3 is 2.38 bits per heavy atom. The van der Waals surface area contributed by atoms with Crippen LogP contribution in [-0.4, -0.2) is 23.8 Å². The molecule has 0 aromatic heterocycles. The fraction of sp³-hybridized carbons (Fsp3) is 0.320. The zero-order valence-corrected chi connectivity index (χ0v) is 20.1. The molecular weight excluding hydrogens is 480 g/mol. The molecule has 1 aliphatic carbocycles. The Hall–Kier alpha value is -2.90. The molecule has 2 N–H and O–H groups in total. The Morgan fingerprint density at radius 2 is 1.71 bits per heavy atom. The summed E-state index contributed by atoms with van der Waals surface area (Å²) in [4.78, 5) is 39.4. The number of carbonyl (C=O) groups is 3. The Bertz CT molecular complexity index is 1190. The summed E-state index contributed by atoms with van der Waals surface area (Å²) in [6.45, 7) is 1.81. The van der Waals surface area contributed by atoms with Gasteiger partial charge in [0.2, 0.25) is 0 Å². The Kier molecular flexibility index (Phi) is 7.24. The fourth-order valence-electron chi connectivity index (χ4n) is 4.19.